The number of oxazole rings is 1. The van der Waals surface area contributed by atoms with Gasteiger partial charge in [-0.2, -0.15) is 0 Å². The summed E-state index contributed by atoms with van der Waals surface area (Å²) in [6, 6.07) is 9.19. The number of aromatic hydroxyl groups is 1. The van der Waals surface area contributed by atoms with Gasteiger partial charge in [0, 0.05) is 11.6 Å². The number of methoxy groups -OCH3 is 2. The fraction of sp³-hybridized carbons (Fsp3) is 0.150. The molecule has 0 fully saturated rings. The Morgan fingerprint density at radius 3 is 2.71 bits per heavy atom. The molecule has 1 aromatic heterocycles. The summed E-state index contributed by atoms with van der Waals surface area (Å²) in [5.41, 5.74) is 1.17. The fourth-order valence-electron chi connectivity index (χ4n) is 2.72. The molecule has 28 heavy (non-hydrogen) atoms. The molecule has 2 aromatic carbocycles. The van der Waals surface area contributed by atoms with Crippen LogP contribution in [0.3, 0.4) is 0 Å². The summed E-state index contributed by atoms with van der Waals surface area (Å²) in [4.78, 5) is 36.2. The molecule has 0 amide bonds. The predicted molar refractivity (Wildman–Crippen MR) is 101 cm³/mol. The predicted octanol–water partition coefficient (Wildman–Crippen LogP) is 2.38. The first-order valence-electron chi connectivity index (χ1n) is 8.23. The van der Waals surface area contributed by atoms with Crippen molar-refractivity contribution in [2.45, 2.75) is 6.54 Å². The van der Waals surface area contributed by atoms with Gasteiger partial charge in [0.15, 0.2) is 11.4 Å². The highest BCUT2D eigenvalue weighted by molar-refractivity contribution is 6.13. The van der Waals surface area contributed by atoms with E-state index in [1.165, 1.54) is 44.6 Å². The van der Waals surface area contributed by atoms with Crippen LogP contribution in [0.5, 0.6) is 11.5 Å². The Morgan fingerprint density at radius 1 is 1.21 bits per heavy atom. The number of benzene rings is 2. The molecule has 0 aliphatic heterocycles. The monoisotopic (exact) mass is 383 g/mol. The topological polar surface area (TPSA) is 108 Å². The summed E-state index contributed by atoms with van der Waals surface area (Å²) in [5.74, 6) is -1.33. The van der Waals surface area contributed by atoms with E-state index < -0.39 is 17.5 Å². The zero-order chi connectivity index (χ0) is 20.3. The van der Waals surface area contributed by atoms with Gasteiger partial charge in [-0.3, -0.25) is 14.2 Å². The molecule has 144 valence electrons. The summed E-state index contributed by atoms with van der Waals surface area (Å²) in [6.07, 6.45) is 2.84. The van der Waals surface area contributed by atoms with Gasteiger partial charge < -0.3 is 19.0 Å². The Bertz CT molecular complexity index is 1140. The highest BCUT2D eigenvalue weighted by atomic mass is 16.5. The van der Waals surface area contributed by atoms with E-state index >= 15 is 0 Å². The lowest BCUT2D eigenvalue weighted by Gasteiger charge is -2.05. The summed E-state index contributed by atoms with van der Waals surface area (Å²) >= 11 is 0. The number of aromatic nitrogens is 1. The van der Waals surface area contributed by atoms with Crippen LogP contribution in [0.15, 0.2) is 51.7 Å². The average Bonchev–Trinajstić information content (AvgIpc) is 3.01. The third-order valence-electron chi connectivity index (χ3n) is 4.11. The molecule has 0 bridgehead atoms. The van der Waals surface area contributed by atoms with Crippen molar-refractivity contribution >= 4 is 28.9 Å². The van der Waals surface area contributed by atoms with Crippen molar-refractivity contribution in [1.29, 1.82) is 0 Å². The maximum absolute atomic E-state index is 12.7. The lowest BCUT2D eigenvalue weighted by Crippen LogP contribution is -2.20. The van der Waals surface area contributed by atoms with Crippen LogP contribution in [0, 0.1) is 0 Å². The van der Waals surface area contributed by atoms with Gasteiger partial charge in [0.05, 0.1) is 25.3 Å². The van der Waals surface area contributed by atoms with Crippen molar-refractivity contribution in [3.05, 3.63) is 64.2 Å². The fourth-order valence-corrected chi connectivity index (χ4v) is 2.72. The molecule has 0 unspecified atom stereocenters. The zero-order valence-corrected chi connectivity index (χ0v) is 15.2. The standard InChI is InChI=1S/C20H17NO7/c1-26-17-10-13(22)8-6-12(17)7-9-16(23)14-4-3-5-15-19(14)28-20(25)21(15)11-18(24)27-2/h3-10,22H,11H2,1-2H3/b9-7+. The Balaban J connectivity index is 1.98. The molecular formula is C20H17NO7. The molecule has 0 radical (unpaired) electrons. The maximum atomic E-state index is 12.7. The van der Waals surface area contributed by atoms with Crippen LogP contribution in [0.4, 0.5) is 0 Å². The Hall–Kier alpha value is -3.81. The molecule has 0 aliphatic carbocycles. The van der Waals surface area contributed by atoms with Crippen molar-refractivity contribution in [2.24, 2.45) is 0 Å². The van der Waals surface area contributed by atoms with Gasteiger partial charge in [-0.15, -0.1) is 0 Å². The van der Waals surface area contributed by atoms with Gasteiger partial charge in [-0.05, 0) is 36.4 Å². The molecule has 0 saturated heterocycles. The van der Waals surface area contributed by atoms with Gasteiger partial charge in [-0.1, -0.05) is 6.07 Å². The van der Waals surface area contributed by atoms with E-state index in [-0.39, 0.29) is 23.4 Å². The number of esters is 1. The van der Waals surface area contributed by atoms with E-state index in [0.29, 0.717) is 16.8 Å². The minimum atomic E-state index is -0.759. The van der Waals surface area contributed by atoms with Crippen molar-refractivity contribution < 1.29 is 28.6 Å². The van der Waals surface area contributed by atoms with Crippen LogP contribution in [-0.2, 0) is 16.1 Å². The number of ketones is 1. The van der Waals surface area contributed by atoms with E-state index in [1.54, 1.807) is 18.2 Å². The van der Waals surface area contributed by atoms with Gasteiger partial charge in [-0.25, -0.2) is 4.79 Å². The Labute approximate surface area is 159 Å². The number of phenolic OH excluding ortho intramolecular Hbond substituents is 1. The molecule has 0 atom stereocenters. The second-order valence-corrected chi connectivity index (χ2v) is 5.81. The highest BCUT2D eigenvalue weighted by Crippen LogP contribution is 2.25. The molecule has 8 heteroatoms. The average molecular weight is 383 g/mol. The third kappa shape index (κ3) is 3.66. The van der Waals surface area contributed by atoms with Crippen LogP contribution in [0.25, 0.3) is 17.2 Å². The minimum absolute atomic E-state index is 0.0406. The lowest BCUT2D eigenvalue weighted by atomic mass is 10.1. The molecule has 1 N–H and O–H groups in total. The Kier molecular flexibility index (Phi) is 5.30. The van der Waals surface area contributed by atoms with E-state index in [0.717, 1.165) is 4.57 Å². The number of ether oxygens (including phenoxy) is 2. The molecule has 3 aromatic rings. The number of para-hydroxylation sites is 1. The number of phenols is 1. The normalized spacial score (nSPS) is 11.1. The molecular weight excluding hydrogens is 366 g/mol. The second kappa shape index (κ2) is 7.83. The van der Waals surface area contributed by atoms with Crippen molar-refractivity contribution in [3.8, 4) is 11.5 Å². The first-order valence-corrected chi connectivity index (χ1v) is 8.23. The van der Waals surface area contributed by atoms with Crippen LogP contribution in [-0.4, -0.2) is 35.6 Å². The number of allylic oxidation sites excluding steroid dienone is 1. The van der Waals surface area contributed by atoms with Gasteiger partial charge in [0.1, 0.15) is 18.0 Å². The van der Waals surface area contributed by atoms with E-state index in [1.807, 2.05) is 0 Å². The third-order valence-corrected chi connectivity index (χ3v) is 4.11. The van der Waals surface area contributed by atoms with Crippen LogP contribution in [0.1, 0.15) is 15.9 Å². The molecule has 1 heterocycles. The van der Waals surface area contributed by atoms with E-state index in [9.17, 15) is 19.5 Å². The van der Waals surface area contributed by atoms with Crippen LogP contribution in [0.2, 0.25) is 0 Å². The molecule has 0 aliphatic rings. The number of carbonyl (C=O) groups is 2. The van der Waals surface area contributed by atoms with Gasteiger partial charge >= 0.3 is 11.7 Å². The van der Waals surface area contributed by atoms with Crippen LogP contribution >= 0.6 is 0 Å². The number of hydrogen-bond acceptors (Lipinski definition) is 7. The summed E-state index contributed by atoms with van der Waals surface area (Å²) in [7, 11) is 2.67. The van der Waals surface area contributed by atoms with Crippen molar-refractivity contribution in [2.75, 3.05) is 14.2 Å². The molecule has 3 rings (SSSR count). The first kappa shape index (κ1) is 19.0. The van der Waals surface area contributed by atoms with E-state index in [4.69, 9.17) is 9.15 Å². The second-order valence-electron chi connectivity index (χ2n) is 5.81. The smallest absolute Gasteiger partial charge is 0.420 e. The SMILES string of the molecule is COC(=O)Cn1c(=O)oc2c(C(=O)/C=C/c3ccc(O)cc3OC)cccc21. The number of nitrogens with zero attached hydrogens (tertiary/aromatic N) is 1. The number of fused-ring (bicyclic) bond motifs is 1. The zero-order valence-electron chi connectivity index (χ0n) is 15.2. The summed E-state index contributed by atoms with van der Waals surface area (Å²) in [6.45, 7) is -0.319. The molecule has 0 saturated carbocycles. The molecule has 0 spiro atoms. The van der Waals surface area contributed by atoms with Crippen molar-refractivity contribution in [1.82, 2.24) is 4.57 Å². The quantitative estimate of drug-likeness (QED) is 0.395. The first-order chi connectivity index (χ1) is 13.4. The minimum Gasteiger partial charge on any atom is -0.508 e. The number of carbonyl (C=O) groups excluding carboxylic acids is 2. The lowest BCUT2D eigenvalue weighted by molar-refractivity contribution is -0.141. The molecule has 8 nitrogen and oxygen atoms in total. The van der Waals surface area contributed by atoms with Gasteiger partial charge in [0.25, 0.3) is 0 Å². The highest BCUT2D eigenvalue weighted by Gasteiger charge is 2.18. The summed E-state index contributed by atoms with van der Waals surface area (Å²) in [5, 5.41) is 9.50. The van der Waals surface area contributed by atoms with E-state index in [2.05, 4.69) is 4.74 Å². The van der Waals surface area contributed by atoms with Gasteiger partial charge in [0.2, 0.25) is 0 Å². The maximum Gasteiger partial charge on any atom is 0.420 e. The summed E-state index contributed by atoms with van der Waals surface area (Å²) < 4.78 is 16.0. The van der Waals surface area contributed by atoms with Crippen LogP contribution < -0.4 is 10.5 Å². The number of hydrogen-bond donors (Lipinski definition) is 1. The largest absolute Gasteiger partial charge is 0.508 e. The number of rotatable bonds is 6. The Morgan fingerprint density at radius 2 is 2.00 bits per heavy atom. The van der Waals surface area contributed by atoms with Crippen molar-refractivity contribution in [3.63, 3.8) is 0 Å².